The van der Waals surface area contributed by atoms with Crippen LogP contribution in [-0.4, -0.2) is 16.9 Å². The highest BCUT2D eigenvalue weighted by molar-refractivity contribution is 9.10. The predicted octanol–water partition coefficient (Wildman–Crippen LogP) is 4.58. The van der Waals surface area contributed by atoms with E-state index < -0.39 is 5.97 Å². The summed E-state index contributed by atoms with van der Waals surface area (Å²) in [5.41, 5.74) is 3.34. The number of aliphatic carboxylic acids is 1. The lowest BCUT2D eigenvalue weighted by atomic mass is 9.91. The van der Waals surface area contributed by atoms with E-state index in [1.165, 1.54) is 11.1 Å². The Kier molecular flexibility index (Phi) is 6.54. The summed E-state index contributed by atoms with van der Waals surface area (Å²) >= 11 is 6.66. The lowest BCUT2D eigenvalue weighted by molar-refractivity contribution is -0.136. The quantitative estimate of drug-likeness (QED) is 0.744. The number of aryl methyl sites for hydroxylation is 1. The summed E-state index contributed by atoms with van der Waals surface area (Å²) in [6.45, 7) is 0. The molecule has 0 saturated heterocycles. The van der Waals surface area contributed by atoms with E-state index in [0.29, 0.717) is 18.6 Å². The third kappa shape index (κ3) is 5.92. The largest absolute Gasteiger partial charge is 0.481 e. The number of Topliss-reactive ketones (excluding diaryl/α,β-unsaturated/α-hetero) is 1. The minimum Gasteiger partial charge on any atom is -0.481 e. The van der Waals surface area contributed by atoms with Crippen LogP contribution >= 0.6 is 31.9 Å². The van der Waals surface area contributed by atoms with Crippen LogP contribution in [-0.2, 0) is 28.9 Å². The van der Waals surface area contributed by atoms with Gasteiger partial charge in [-0.05, 0) is 47.4 Å². The number of hydrogen-bond donors (Lipinski definition) is 1. The summed E-state index contributed by atoms with van der Waals surface area (Å²) in [7, 11) is 0. The molecular formula is C18H16Br2O3. The second-order valence-electron chi connectivity index (χ2n) is 5.33. The summed E-state index contributed by atoms with van der Waals surface area (Å²) < 4.78 is 1.98. The maximum atomic E-state index is 11.1. The van der Waals surface area contributed by atoms with Crippen molar-refractivity contribution in [1.82, 2.24) is 0 Å². The molecule has 3 nitrogen and oxygen atoms in total. The molecule has 0 heterocycles. The van der Waals surface area contributed by atoms with Crippen molar-refractivity contribution >= 4 is 43.6 Å². The number of carbonyl (C=O) groups is 2. The zero-order valence-electron chi connectivity index (χ0n) is 12.4. The summed E-state index contributed by atoms with van der Waals surface area (Å²) in [6.07, 6.45) is 2.34. The van der Waals surface area contributed by atoms with Crippen molar-refractivity contribution in [2.24, 2.45) is 0 Å². The highest BCUT2D eigenvalue weighted by Gasteiger charge is 2.14. The molecule has 0 radical (unpaired) electrons. The van der Waals surface area contributed by atoms with Gasteiger partial charge < -0.3 is 5.11 Å². The number of benzene rings is 2. The Morgan fingerprint density at radius 3 is 2.43 bits per heavy atom. The van der Waals surface area contributed by atoms with Crippen LogP contribution < -0.4 is 0 Å². The third-order valence-corrected chi connectivity index (χ3v) is 4.46. The Morgan fingerprint density at radius 1 is 1.00 bits per heavy atom. The number of carbonyl (C=O) groups excluding carboxylic acids is 1. The molecule has 0 aromatic heterocycles. The molecule has 0 unspecified atom stereocenters. The zero-order chi connectivity index (χ0) is 16.8. The van der Waals surface area contributed by atoms with Crippen LogP contribution in [0, 0.1) is 0 Å². The van der Waals surface area contributed by atoms with E-state index in [0.717, 1.165) is 20.9 Å². The molecule has 0 amide bonds. The van der Waals surface area contributed by atoms with Gasteiger partial charge in [-0.3, -0.25) is 9.59 Å². The van der Waals surface area contributed by atoms with Crippen LogP contribution in [0.1, 0.15) is 23.1 Å². The lowest BCUT2D eigenvalue weighted by Crippen LogP contribution is -2.12. The molecule has 1 aliphatic carbocycles. The van der Waals surface area contributed by atoms with Crippen LogP contribution in [0.25, 0.3) is 0 Å². The van der Waals surface area contributed by atoms with Gasteiger partial charge in [-0.2, -0.15) is 0 Å². The van der Waals surface area contributed by atoms with E-state index in [-0.39, 0.29) is 6.42 Å². The molecular weight excluding hydrogens is 424 g/mol. The first-order valence-corrected chi connectivity index (χ1v) is 8.78. The molecule has 5 heteroatoms. The SMILES string of the molecule is O=C(O)Cc1cccc(Br)c1.O=C1CCc2ccc(Br)cc2C1. The fourth-order valence-corrected chi connectivity index (χ4v) is 3.25. The van der Waals surface area contributed by atoms with Crippen molar-refractivity contribution in [2.75, 3.05) is 0 Å². The van der Waals surface area contributed by atoms with Gasteiger partial charge in [0.15, 0.2) is 0 Å². The zero-order valence-corrected chi connectivity index (χ0v) is 15.6. The van der Waals surface area contributed by atoms with Crippen LogP contribution in [0.15, 0.2) is 51.4 Å². The number of carboxylic acid groups (broad SMARTS) is 1. The summed E-state index contributed by atoms with van der Waals surface area (Å²) in [4.78, 5) is 21.4. The van der Waals surface area contributed by atoms with Crippen molar-refractivity contribution in [3.8, 4) is 0 Å². The number of halogens is 2. The van der Waals surface area contributed by atoms with Crippen LogP contribution in [0.4, 0.5) is 0 Å². The first kappa shape index (κ1) is 17.9. The highest BCUT2D eigenvalue weighted by Crippen LogP contribution is 2.22. The van der Waals surface area contributed by atoms with Crippen LogP contribution in [0.2, 0.25) is 0 Å². The van der Waals surface area contributed by atoms with Gasteiger partial charge in [0.1, 0.15) is 5.78 Å². The first-order valence-electron chi connectivity index (χ1n) is 7.19. The smallest absolute Gasteiger partial charge is 0.307 e. The summed E-state index contributed by atoms with van der Waals surface area (Å²) in [5.74, 6) is -0.441. The monoisotopic (exact) mass is 438 g/mol. The first-order chi connectivity index (χ1) is 10.9. The molecule has 23 heavy (non-hydrogen) atoms. The second-order valence-corrected chi connectivity index (χ2v) is 7.16. The Balaban J connectivity index is 0.000000168. The molecule has 120 valence electrons. The average molecular weight is 440 g/mol. The minimum atomic E-state index is -0.803. The van der Waals surface area contributed by atoms with Gasteiger partial charge in [0.25, 0.3) is 0 Å². The molecule has 0 spiro atoms. The Morgan fingerprint density at radius 2 is 1.74 bits per heavy atom. The fraction of sp³-hybridized carbons (Fsp3) is 0.222. The molecule has 0 fully saturated rings. The Labute approximate surface area is 152 Å². The van der Waals surface area contributed by atoms with Gasteiger partial charge in [-0.25, -0.2) is 0 Å². The van der Waals surface area contributed by atoms with Gasteiger partial charge in [-0.15, -0.1) is 0 Å². The number of rotatable bonds is 2. The normalized spacial score (nSPS) is 12.9. The van der Waals surface area contributed by atoms with Crippen molar-refractivity contribution in [1.29, 1.82) is 0 Å². The molecule has 0 bridgehead atoms. The topological polar surface area (TPSA) is 54.4 Å². The van der Waals surface area contributed by atoms with Gasteiger partial charge in [-0.1, -0.05) is 50.1 Å². The molecule has 3 rings (SSSR count). The van der Waals surface area contributed by atoms with Crippen molar-refractivity contribution in [2.45, 2.75) is 25.7 Å². The highest BCUT2D eigenvalue weighted by atomic mass is 79.9. The van der Waals surface area contributed by atoms with E-state index >= 15 is 0 Å². The van der Waals surface area contributed by atoms with E-state index in [2.05, 4.69) is 37.9 Å². The minimum absolute atomic E-state index is 0.0828. The number of hydrogen-bond acceptors (Lipinski definition) is 2. The number of ketones is 1. The van der Waals surface area contributed by atoms with Crippen LogP contribution in [0.3, 0.4) is 0 Å². The molecule has 2 aromatic carbocycles. The molecule has 2 aromatic rings. The standard InChI is InChI=1S/C10H9BrO.C8H7BrO2/c11-9-3-1-7-2-4-10(12)6-8(7)5-9;9-7-3-1-2-6(4-7)5-8(10)11/h1,3,5H,2,4,6H2;1-4H,5H2,(H,10,11). The van der Waals surface area contributed by atoms with Gasteiger partial charge in [0, 0.05) is 21.8 Å². The Hall–Kier alpha value is -1.46. The van der Waals surface area contributed by atoms with Crippen molar-refractivity contribution in [3.05, 3.63) is 68.1 Å². The lowest BCUT2D eigenvalue weighted by Gasteiger charge is -2.14. The molecule has 0 aliphatic heterocycles. The molecule has 0 saturated carbocycles. The summed E-state index contributed by atoms with van der Waals surface area (Å²) in [5, 5.41) is 8.44. The number of carboxylic acids is 1. The average Bonchev–Trinajstić information content (AvgIpc) is 2.46. The van der Waals surface area contributed by atoms with E-state index in [1.54, 1.807) is 12.1 Å². The molecule has 1 aliphatic rings. The fourth-order valence-electron chi connectivity index (χ4n) is 2.40. The second kappa shape index (κ2) is 8.41. The maximum Gasteiger partial charge on any atom is 0.307 e. The summed E-state index contributed by atoms with van der Waals surface area (Å²) in [6, 6.07) is 13.5. The van der Waals surface area contributed by atoms with Gasteiger partial charge >= 0.3 is 5.97 Å². The Bertz CT molecular complexity index is 726. The third-order valence-electron chi connectivity index (χ3n) is 3.47. The van der Waals surface area contributed by atoms with Crippen molar-refractivity contribution in [3.63, 3.8) is 0 Å². The van der Waals surface area contributed by atoms with E-state index in [1.807, 2.05) is 24.3 Å². The maximum absolute atomic E-state index is 11.1. The van der Waals surface area contributed by atoms with Gasteiger partial charge in [0.2, 0.25) is 0 Å². The number of fused-ring (bicyclic) bond motifs is 1. The molecule has 1 N–H and O–H groups in total. The van der Waals surface area contributed by atoms with Crippen LogP contribution in [0.5, 0.6) is 0 Å². The molecule has 0 atom stereocenters. The van der Waals surface area contributed by atoms with Gasteiger partial charge in [0.05, 0.1) is 6.42 Å². The van der Waals surface area contributed by atoms with E-state index in [9.17, 15) is 9.59 Å². The van der Waals surface area contributed by atoms with Crippen molar-refractivity contribution < 1.29 is 14.7 Å². The van der Waals surface area contributed by atoms with E-state index in [4.69, 9.17) is 5.11 Å². The predicted molar refractivity (Wildman–Crippen MR) is 96.7 cm³/mol.